The number of ether oxygens (including phenoxy) is 2. The van der Waals surface area contributed by atoms with Crippen LogP contribution in [0.15, 0.2) is 12.4 Å². The quantitative estimate of drug-likeness (QED) is 0.775. The maximum Gasteiger partial charge on any atom is 0.429 e. The molecule has 0 aliphatic rings. The number of nitrogens with zero attached hydrogens (tertiary/aromatic N) is 2. The Morgan fingerprint density at radius 1 is 1.39 bits per heavy atom. The van der Waals surface area contributed by atoms with Crippen molar-refractivity contribution in [2.45, 2.75) is 33.3 Å². The van der Waals surface area contributed by atoms with Crippen LogP contribution in [0, 0.1) is 6.92 Å². The number of amides is 1. The molecule has 1 aromatic rings. The summed E-state index contributed by atoms with van der Waals surface area (Å²) in [5.74, 6) is 0.557. The molecular formula is C12H17ClN2O3. The van der Waals surface area contributed by atoms with Gasteiger partial charge in [-0.2, -0.15) is 4.42 Å². The summed E-state index contributed by atoms with van der Waals surface area (Å²) in [7, 11) is 1.53. The molecule has 6 heteroatoms. The fourth-order valence-electron chi connectivity index (χ4n) is 1.30. The molecule has 1 amide bonds. The first kappa shape index (κ1) is 14.6. The van der Waals surface area contributed by atoms with Gasteiger partial charge in [0.25, 0.3) is 0 Å². The van der Waals surface area contributed by atoms with E-state index in [1.165, 1.54) is 13.3 Å². The van der Waals surface area contributed by atoms with Gasteiger partial charge in [0.15, 0.2) is 0 Å². The summed E-state index contributed by atoms with van der Waals surface area (Å²) in [6.45, 7) is 7.10. The third kappa shape index (κ3) is 3.50. The Labute approximate surface area is 112 Å². The second-order valence-electron chi connectivity index (χ2n) is 4.75. The van der Waals surface area contributed by atoms with Crippen molar-refractivity contribution < 1.29 is 14.3 Å². The molecule has 0 bridgehead atoms. The Balaban J connectivity index is 2.97. The first-order valence-corrected chi connectivity index (χ1v) is 5.77. The van der Waals surface area contributed by atoms with Gasteiger partial charge in [-0.1, -0.05) is 0 Å². The van der Waals surface area contributed by atoms with Crippen molar-refractivity contribution in [1.82, 2.24) is 4.98 Å². The smallest absolute Gasteiger partial charge is 0.429 e. The summed E-state index contributed by atoms with van der Waals surface area (Å²) in [6.07, 6.45) is 2.38. The fraction of sp³-hybridized carbons (Fsp3) is 0.500. The van der Waals surface area contributed by atoms with E-state index >= 15 is 0 Å². The number of methoxy groups -OCH3 is 1. The van der Waals surface area contributed by atoms with Gasteiger partial charge in [0.1, 0.15) is 11.4 Å². The minimum Gasteiger partial charge on any atom is -0.495 e. The van der Waals surface area contributed by atoms with Crippen LogP contribution in [0.3, 0.4) is 0 Å². The summed E-state index contributed by atoms with van der Waals surface area (Å²) < 4.78 is 11.2. The van der Waals surface area contributed by atoms with E-state index in [2.05, 4.69) is 4.98 Å². The van der Waals surface area contributed by atoms with Gasteiger partial charge in [-0.05, 0) is 27.7 Å². The average molecular weight is 273 g/mol. The van der Waals surface area contributed by atoms with E-state index in [1.807, 2.05) is 0 Å². The predicted molar refractivity (Wildman–Crippen MR) is 70.1 cm³/mol. The molecule has 18 heavy (non-hydrogen) atoms. The van der Waals surface area contributed by atoms with Crippen molar-refractivity contribution in [3.05, 3.63) is 18.0 Å². The van der Waals surface area contributed by atoms with Gasteiger partial charge in [-0.3, -0.25) is 4.98 Å². The van der Waals surface area contributed by atoms with E-state index in [0.717, 1.165) is 4.42 Å². The molecule has 1 heterocycles. The van der Waals surface area contributed by atoms with Crippen LogP contribution in [-0.2, 0) is 4.74 Å². The number of hydrogen-bond acceptors (Lipinski definition) is 4. The first-order chi connectivity index (χ1) is 8.26. The molecule has 0 atom stereocenters. The van der Waals surface area contributed by atoms with E-state index in [-0.39, 0.29) is 0 Å². The Morgan fingerprint density at radius 2 is 2.00 bits per heavy atom. The average Bonchev–Trinajstić information content (AvgIpc) is 2.26. The lowest BCUT2D eigenvalue weighted by Gasteiger charge is -2.23. The lowest BCUT2D eigenvalue weighted by atomic mass is 10.2. The Kier molecular flexibility index (Phi) is 4.40. The van der Waals surface area contributed by atoms with Crippen LogP contribution >= 0.6 is 11.8 Å². The number of carbonyl (C=O) groups is 1. The third-order valence-electron chi connectivity index (χ3n) is 2.13. The highest BCUT2D eigenvalue weighted by atomic mass is 35.5. The van der Waals surface area contributed by atoms with Crippen LogP contribution < -0.4 is 9.16 Å². The zero-order valence-corrected chi connectivity index (χ0v) is 11.9. The molecule has 0 aliphatic carbocycles. The molecule has 0 saturated carbocycles. The van der Waals surface area contributed by atoms with Crippen LogP contribution in [0.4, 0.5) is 10.5 Å². The highest BCUT2D eigenvalue weighted by Crippen LogP contribution is 2.29. The number of pyridine rings is 1. The number of rotatable bonds is 2. The molecule has 1 rings (SSSR count). The molecule has 100 valence electrons. The summed E-state index contributed by atoms with van der Waals surface area (Å²) >= 11 is 5.96. The molecular weight excluding hydrogens is 256 g/mol. The van der Waals surface area contributed by atoms with Crippen LogP contribution in [0.25, 0.3) is 0 Å². The van der Waals surface area contributed by atoms with Crippen molar-refractivity contribution in [3.63, 3.8) is 0 Å². The molecule has 0 aliphatic heterocycles. The molecule has 0 fully saturated rings. The second-order valence-corrected chi connectivity index (χ2v) is 5.09. The molecule has 5 nitrogen and oxygen atoms in total. The highest BCUT2D eigenvalue weighted by molar-refractivity contribution is 6.35. The topological polar surface area (TPSA) is 51.7 Å². The SMILES string of the molecule is COc1cncc(N(Cl)C(=O)OC(C)(C)C)c1C. The number of anilines is 1. The summed E-state index contributed by atoms with van der Waals surface area (Å²) in [5.41, 5.74) is 0.545. The number of halogens is 1. The van der Waals surface area contributed by atoms with E-state index in [9.17, 15) is 4.79 Å². The monoisotopic (exact) mass is 272 g/mol. The van der Waals surface area contributed by atoms with Gasteiger partial charge >= 0.3 is 6.09 Å². The molecule has 0 unspecified atom stereocenters. The largest absolute Gasteiger partial charge is 0.495 e. The second kappa shape index (κ2) is 5.44. The van der Waals surface area contributed by atoms with Crippen LogP contribution in [0.5, 0.6) is 5.75 Å². The Morgan fingerprint density at radius 3 is 2.50 bits per heavy atom. The minimum atomic E-state index is -0.651. The maximum absolute atomic E-state index is 11.8. The number of hydrogen-bond donors (Lipinski definition) is 0. The summed E-state index contributed by atoms with van der Waals surface area (Å²) in [4.78, 5) is 15.8. The minimum absolute atomic E-state index is 0.435. The van der Waals surface area contributed by atoms with Crippen LogP contribution in [0.2, 0.25) is 0 Å². The van der Waals surface area contributed by atoms with Gasteiger partial charge in [-0.25, -0.2) is 4.79 Å². The third-order valence-corrected chi connectivity index (χ3v) is 2.45. The molecule has 0 N–H and O–H groups in total. The van der Waals surface area contributed by atoms with Gasteiger partial charge < -0.3 is 9.47 Å². The van der Waals surface area contributed by atoms with Crippen molar-refractivity contribution in [2.24, 2.45) is 0 Å². The number of carbonyl (C=O) groups excluding carboxylic acids is 1. The van der Waals surface area contributed by atoms with Gasteiger partial charge in [0, 0.05) is 17.3 Å². The Hall–Kier alpha value is -1.49. The molecule has 0 aromatic carbocycles. The van der Waals surface area contributed by atoms with Crippen molar-refractivity contribution in [1.29, 1.82) is 0 Å². The normalized spacial score (nSPS) is 11.0. The van der Waals surface area contributed by atoms with Gasteiger partial charge in [0.05, 0.1) is 25.2 Å². The lowest BCUT2D eigenvalue weighted by Crippen LogP contribution is -2.31. The zero-order valence-electron chi connectivity index (χ0n) is 11.2. The molecule has 0 saturated heterocycles. The van der Waals surface area contributed by atoms with E-state index < -0.39 is 11.7 Å². The molecule has 0 radical (unpaired) electrons. The van der Waals surface area contributed by atoms with Gasteiger partial charge in [-0.15, -0.1) is 0 Å². The van der Waals surface area contributed by atoms with Crippen molar-refractivity contribution in [2.75, 3.05) is 11.5 Å². The van der Waals surface area contributed by atoms with Gasteiger partial charge in [0.2, 0.25) is 0 Å². The Bertz CT molecular complexity index is 443. The summed E-state index contributed by atoms with van der Waals surface area (Å²) in [6, 6.07) is 0. The highest BCUT2D eigenvalue weighted by Gasteiger charge is 2.24. The van der Waals surface area contributed by atoms with E-state index in [0.29, 0.717) is 17.0 Å². The van der Waals surface area contributed by atoms with Crippen molar-refractivity contribution in [3.8, 4) is 5.75 Å². The predicted octanol–water partition coefficient (Wildman–Crippen LogP) is 3.29. The fourth-order valence-corrected chi connectivity index (χ4v) is 1.50. The standard InChI is InChI=1S/C12H17ClN2O3/c1-8-9(6-14-7-10(8)17-5)15(13)11(16)18-12(2,3)4/h6-7H,1-5H3. The first-order valence-electron chi connectivity index (χ1n) is 5.43. The molecule has 1 aromatic heterocycles. The zero-order chi connectivity index (χ0) is 13.9. The lowest BCUT2D eigenvalue weighted by molar-refractivity contribution is 0.0608. The molecule has 0 spiro atoms. The number of aromatic nitrogens is 1. The van der Waals surface area contributed by atoms with Crippen LogP contribution in [0.1, 0.15) is 26.3 Å². The van der Waals surface area contributed by atoms with Crippen molar-refractivity contribution >= 4 is 23.6 Å². The summed E-state index contributed by atoms with van der Waals surface area (Å²) in [5, 5.41) is 0. The van der Waals surface area contributed by atoms with E-state index in [1.54, 1.807) is 33.9 Å². The maximum atomic E-state index is 11.8. The van der Waals surface area contributed by atoms with E-state index in [4.69, 9.17) is 21.3 Å². The van der Waals surface area contributed by atoms with Crippen LogP contribution in [-0.4, -0.2) is 23.8 Å².